The number of carbonyl (C=O) groups is 1. The average Bonchev–Trinajstić information content (AvgIpc) is 3.73. The lowest BCUT2D eigenvalue weighted by atomic mass is 9.68. The number of ether oxygens (including phenoxy) is 5. The smallest absolute Gasteiger partial charge is 0.309 e. The molecule has 2 aromatic rings. The molecular weight excluding hydrogens is 873 g/mol. The molecule has 5 N–H and O–H groups in total. The predicted molar refractivity (Wildman–Crippen MR) is 246 cm³/mol. The number of aromatic nitrogens is 3. The molecule has 0 radical (unpaired) electrons. The number of rotatable bonds is 12. The van der Waals surface area contributed by atoms with Crippen molar-refractivity contribution < 1.29 is 62.8 Å². The fourth-order valence-electron chi connectivity index (χ4n) is 11.2. The molecule has 1 aromatic carbocycles. The van der Waals surface area contributed by atoms with Crippen LogP contribution in [0.2, 0.25) is 0 Å². The number of aryl methyl sites for hydroxylation is 2. The van der Waals surface area contributed by atoms with Crippen molar-refractivity contribution in [3.63, 3.8) is 0 Å². The van der Waals surface area contributed by atoms with E-state index >= 15 is 0 Å². The van der Waals surface area contributed by atoms with Gasteiger partial charge in [-0.2, -0.15) is 0 Å². The van der Waals surface area contributed by atoms with Crippen LogP contribution in [-0.2, 0) is 47.9 Å². The molecule has 3 saturated heterocycles. The molecule has 1 aromatic heterocycles. The van der Waals surface area contributed by atoms with Crippen molar-refractivity contribution in [1.82, 2.24) is 24.8 Å². The molecule has 0 amide bonds. The molecule has 18 atom stereocenters. The minimum Gasteiger partial charge on any atom is -0.459 e. The van der Waals surface area contributed by atoms with Gasteiger partial charge in [0.25, 0.3) is 0 Å². The van der Waals surface area contributed by atoms with Gasteiger partial charge in [-0.1, -0.05) is 39.0 Å². The zero-order chi connectivity index (χ0) is 49.9. The van der Waals surface area contributed by atoms with Crippen LogP contribution in [0.3, 0.4) is 0 Å². The third-order valence-corrected chi connectivity index (χ3v) is 15.4. The molecule has 67 heavy (non-hydrogen) atoms. The molecule has 0 saturated carbocycles. The minimum atomic E-state index is -1.82. The minimum absolute atomic E-state index is 0.178. The average molecular weight is 954 g/mol. The van der Waals surface area contributed by atoms with Crippen molar-refractivity contribution in [3.05, 3.63) is 47.3 Å². The summed E-state index contributed by atoms with van der Waals surface area (Å²) in [6.07, 6.45) is -4.80. The number of hydrogen-bond donors (Lipinski definition) is 5. The first kappa shape index (κ1) is 55.2. The lowest BCUT2D eigenvalue weighted by Crippen LogP contribution is -2.62. The second-order valence-corrected chi connectivity index (χ2v) is 21.0. The summed E-state index contributed by atoms with van der Waals surface area (Å²) >= 11 is 0. The fourth-order valence-corrected chi connectivity index (χ4v) is 11.2. The van der Waals surface area contributed by atoms with E-state index in [9.17, 15) is 39.1 Å². The van der Waals surface area contributed by atoms with Crippen LogP contribution in [0.5, 0.6) is 0 Å². The number of aliphatic hydroxyl groups is 5. The van der Waals surface area contributed by atoms with E-state index < -0.39 is 113 Å². The summed E-state index contributed by atoms with van der Waals surface area (Å²) in [6, 6.07) is 2.82. The van der Waals surface area contributed by atoms with E-state index in [1.807, 2.05) is 50.9 Å². The van der Waals surface area contributed by atoms with Gasteiger partial charge >= 0.3 is 5.97 Å². The molecule has 3 fully saturated rings. The molecule has 4 heterocycles. The van der Waals surface area contributed by atoms with Crippen molar-refractivity contribution >= 4 is 5.97 Å². The van der Waals surface area contributed by atoms with Crippen molar-refractivity contribution in [2.24, 2.45) is 23.7 Å². The van der Waals surface area contributed by atoms with E-state index in [0.29, 0.717) is 50.2 Å². The summed E-state index contributed by atoms with van der Waals surface area (Å²) in [6.45, 7) is 19.1. The van der Waals surface area contributed by atoms with Crippen LogP contribution in [0.4, 0.5) is 8.78 Å². The van der Waals surface area contributed by atoms with Crippen LogP contribution in [0, 0.1) is 35.3 Å². The number of methoxy groups -OCH3 is 1. The Morgan fingerprint density at radius 3 is 2.30 bits per heavy atom. The highest BCUT2D eigenvalue weighted by atomic mass is 19.2. The number of benzene rings is 1. The third-order valence-electron chi connectivity index (χ3n) is 15.4. The maximum Gasteiger partial charge on any atom is 0.309 e. The Morgan fingerprint density at radius 2 is 1.66 bits per heavy atom. The standard InChI is InChI=1S/C49H81F2N5O11/c1-14-39-49(10,62)42(58)31(6)55(12)25-27(2)23-47(8,61)44(29(4)40(30(5)45(60)66-39)38-24-48(9,63-13)43(59)32(7)65-38)67-46-41(57)37(21-28(3)64-46)54(11)19-18-34-26-56(53-52-34)20-17-33-15-16-35(50)36(51)22-33/h15-16,22,26-32,37-44,46,57-59,61-62H,14,17-21,23-25H2,1-13H3/t27-,28-,29+,30-,31-,32+,37+,38?,39-,40+,41-,42-,43+,44-,46+,47-,48-,49-/m1/s1. The molecule has 0 spiro atoms. The number of aliphatic hydroxyl groups excluding tert-OH is 3. The largest absolute Gasteiger partial charge is 0.459 e. The van der Waals surface area contributed by atoms with Gasteiger partial charge < -0.3 is 59.0 Å². The van der Waals surface area contributed by atoms with Crippen LogP contribution in [-0.4, -0.2) is 175 Å². The predicted octanol–water partition coefficient (Wildman–Crippen LogP) is 3.90. The van der Waals surface area contributed by atoms with Crippen LogP contribution in [0.25, 0.3) is 0 Å². The molecule has 0 aliphatic carbocycles. The Kier molecular flexibility index (Phi) is 18.6. The van der Waals surface area contributed by atoms with Crippen LogP contribution >= 0.6 is 0 Å². The normalized spacial score (nSPS) is 41.1. The van der Waals surface area contributed by atoms with Crippen LogP contribution in [0.15, 0.2) is 24.4 Å². The zero-order valence-corrected chi connectivity index (χ0v) is 42.0. The van der Waals surface area contributed by atoms with Gasteiger partial charge in [-0.3, -0.25) is 9.48 Å². The Bertz CT molecular complexity index is 1910. The highest BCUT2D eigenvalue weighted by Crippen LogP contribution is 2.45. The second-order valence-electron chi connectivity index (χ2n) is 21.0. The Labute approximate surface area is 396 Å². The number of esters is 1. The first-order chi connectivity index (χ1) is 31.2. The molecule has 16 nitrogen and oxygen atoms in total. The fraction of sp³-hybridized carbons (Fsp3) is 0.816. The number of likely N-dealkylation sites (N-methyl/N-ethyl adjacent to an activating group) is 2. The molecule has 382 valence electrons. The molecule has 3 aliphatic heterocycles. The van der Waals surface area contributed by atoms with E-state index in [-0.39, 0.29) is 31.3 Å². The Morgan fingerprint density at radius 1 is 0.970 bits per heavy atom. The quantitative estimate of drug-likeness (QED) is 0.192. The van der Waals surface area contributed by atoms with Crippen molar-refractivity contribution in [2.45, 2.75) is 198 Å². The van der Waals surface area contributed by atoms with Gasteiger partial charge in [0, 0.05) is 63.8 Å². The number of hydrogen-bond acceptors (Lipinski definition) is 15. The Hall–Kier alpha value is -2.75. The molecule has 18 heteroatoms. The van der Waals surface area contributed by atoms with E-state index in [1.165, 1.54) is 20.1 Å². The number of carbonyl (C=O) groups excluding carboxylic acids is 1. The highest BCUT2D eigenvalue weighted by molar-refractivity contribution is 5.73. The summed E-state index contributed by atoms with van der Waals surface area (Å²) < 4.78 is 60.9. The van der Waals surface area contributed by atoms with E-state index in [1.54, 1.807) is 52.3 Å². The third kappa shape index (κ3) is 12.8. The number of halogens is 2. The van der Waals surface area contributed by atoms with Crippen LogP contribution < -0.4 is 0 Å². The van der Waals surface area contributed by atoms with Crippen molar-refractivity contribution in [1.29, 1.82) is 0 Å². The first-order valence-electron chi connectivity index (χ1n) is 24.2. The molecule has 3 aliphatic rings. The SMILES string of the molecule is CC[C@H]1OC(=O)[C@H](C)[C@@H](C2C[C@@](C)(OC)[C@@H](O)[C@H](C)O2)[C@H](C)[C@@H](O[C@@H]2O[C@H](C)C[C@H](N(C)CCc3cn(CCc4ccc(F)c(F)c4)nn3)[C@H]2O)[C@](C)(O)C[C@@H](C)CN(C)[C@H](C)[C@@H](O)[C@]1(C)O. The summed E-state index contributed by atoms with van der Waals surface area (Å²) in [5.41, 5.74) is -3.14. The lowest BCUT2D eigenvalue weighted by molar-refractivity contribution is -0.302. The van der Waals surface area contributed by atoms with Gasteiger partial charge in [-0.05, 0) is 111 Å². The molecular formula is C49H81F2N5O11. The summed E-state index contributed by atoms with van der Waals surface area (Å²) in [5, 5.41) is 68.4. The first-order valence-corrected chi connectivity index (χ1v) is 24.2. The van der Waals surface area contributed by atoms with Crippen LogP contribution in [0.1, 0.15) is 106 Å². The topological polar surface area (TPSA) is 202 Å². The van der Waals surface area contributed by atoms with Gasteiger partial charge in [0.05, 0.1) is 47.2 Å². The van der Waals surface area contributed by atoms with Gasteiger partial charge in [0.2, 0.25) is 0 Å². The highest BCUT2D eigenvalue weighted by Gasteiger charge is 2.55. The maximum absolute atomic E-state index is 14.6. The van der Waals surface area contributed by atoms with E-state index in [2.05, 4.69) is 10.3 Å². The van der Waals surface area contributed by atoms with E-state index in [4.69, 9.17) is 23.7 Å². The Balaban J connectivity index is 1.45. The van der Waals surface area contributed by atoms with Crippen molar-refractivity contribution in [3.8, 4) is 0 Å². The lowest BCUT2D eigenvalue weighted by Gasteiger charge is -2.51. The van der Waals surface area contributed by atoms with Gasteiger partial charge in [0.15, 0.2) is 17.9 Å². The summed E-state index contributed by atoms with van der Waals surface area (Å²) in [7, 11) is 5.26. The number of cyclic esters (lactones) is 1. The second kappa shape index (κ2) is 22.6. The van der Waals surface area contributed by atoms with E-state index in [0.717, 1.165) is 6.07 Å². The maximum atomic E-state index is 14.6. The molecule has 1 unspecified atom stereocenters. The number of nitrogens with zero attached hydrogens (tertiary/aromatic N) is 5. The van der Waals surface area contributed by atoms with Gasteiger partial charge in [-0.25, -0.2) is 8.78 Å². The monoisotopic (exact) mass is 954 g/mol. The van der Waals surface area contributed by atoms with Crippen molar-refractivity contribution in [2.75, 3.05) is 34.3 Å². The molecule has 5 rings (SSSR count). The molecule has 0 bridgehead atoms. The summed E-state index contributed by atoms with van der Waals surface area (Å²) in [5.74, 6) is -5.00. The summed E-state index contributed by atoms with van der Waals surface area (Å²) in [4.78, 5) is 18.5. The van der Waals surface area contributed by atoms with Gasteiger partial charge in [0.1, 0.15) is 30.0 Å². The zero-order valence-electron chi connectivity index (χ0n) is 42.0. The van der Waals surface area contributed by atoms with Gasteiger partial charge in [-0.15, -0.1) is 5.10 Å².